The lowest BCUT2D eigenvalue weighted by atomic mass is 9.77. The number of nitrogens with zero attached hydrogens (tertiary/aromatic N) is 1. The second-order valence-corrected chi connectivity index (χ2v) is 8.27. The first kappa shape index (κ1) is 21.9. The predicted molar refractivity (Wildman–Crippen MR) is 117 cm³/mol. The molecule has 0 radical (unpaired) electrons. The number of hydrogen-bond acceptors (Lipinski definition) is 6. The zero-order valence-corrected chi connectivity index (χ0v) is 17.8. The molecule has 158 valence electrons. The minimum Gasteiger partial charge on any atom is -0.445 e. The summed E-state index contributed by atoms with van der Waals surface area (Å²) in [5, 5.41) is 2.78. The maximum absolute atomic E-state index is 12.2. The van der Waals surface area contributed by atoms with Crippen LogP contribution in [0.1, 0.15) is 38.8 Å². The minimum atomic E-state index is -0.620. The summed E-state index contributed by atoms with van der Waals surface area (Å²) in [6.07, 6.45) is 4.61. The van der Waals surface area contributed by atoms with Crippen LogP contribution in [-0.4, -0.2) is 35.9 Å². The highest BCUT2D eigenvalue weighted by molar-refractivity contribution is 6.56. The molecule has 2 aromatic rings. The van der Waals surface area contributed by atoms with Crippen LogP contribution in [0.25, 0.3) is 6.08 Å². The third kappa shape index (κ3) is 5.40. The van der Waals surface area contributed by atoms with Gasteiger partial charge in [-0.3, -0.25) is 4.98 Å². The van der Waals surface area contributed by atoms with Crippen molar-refractivity contribution in [3.63, 3.8) is 0 Å². The average molecular weight is 409 g/mol. The van der Waals surface area contributed by atoms with Crippen molar-refractivity contribution < 1.29 is 18.8 Å². The molecule has 3 N–H and O–H groups in total. The monoisotopic (exact) mass is 409 g/mol. The Balaban J connectivity index is 1.71. The van der Waals surface area contributed by atoms with Crippen LogP contribution in [0.2, 0.25) is 0 Å². The van der Waals surface area contributed by atoms with E-state index in [9.17, 15) is 4.79 Å². The molecule has 1 aliphatic rings. The first-order valence-electron chi connectivity index (χ1n) is 9.87. The number of alkyl carbamates (subject to hydrolysis) is 1. The number of nitrogens with one attached hydrogen (secondary N) is 1. The van der Waals surface area contributed by atoms with Gasteiger partial charge < -0.3 is 25.1 Å². The van der Waals surface area contributed by atoms with Crippen molar-refractivity contribution in [3.8, 4) is 0 Å². The molecule has 1 fully saturated rings. The molecular weight excluding hydrogens is 381 g/mol. The van der Waals surface area contributed by atoms with E-state index < -0.39 is 24.4 Å². The zero-order chi connectivity index (χ0) is 21.8. The molecular formula is C22H28BN3O4. The molecule has 1 aromatic carbocycles. The number of hydrogen-bond donors (Lipinski definition) is 2. The van der Waals surface area contributed by atoms with Gasteiger partial charge in [-0.05, 0) is 50.4 Å². The normalized spacial score (nSPS) is 17.6. The molecule has 2 heterocycles. The lowest BCUT2D eigenvalue weighted by Crippen LogP contribution is -2.41. The highest BCUT2D eigenvalue weighted by atomic mass is 16.7. The summed E-state index contributed by atoms with van der Waals surface area (Å²) in [7, 11) is -0.620. The van der Waals surface area contributed by atoms with E-state index in [0.29, 0.717) is 5.69 Å². The van der Waals surface area contributed by atoms with E-state index in [4.69, 9.17) is 19.8 Å². The SMILES string of the molecule is CC1(C)OB(C(=Cc2cncc(N)c2)CNC(=O)OCc2ccccc2)OC1(C)C. The van der Waals surface area contributed by atoms with Crippen molar-refractivity contribution >= 4 is 25.0 Å². The van der Waals surface area contributed by atoms with Crippen LogP contribution in [-0.2, 0) is 20.7 Å². The quantitative estimate of drug-likeness (QED) is 0.708. The number of benzene rings is 1. The molecule has 1 saturated heterocycles. The summed E-state index contributed by atoms with van der Waals surface area (Å²) in [6, 6.07) is 11.3. The summed E-state index contributed by atoms with van der Waals surface area (Å²) < 4.78 is 17.6. The summed E-state index contributed by atoms with van der Waals surface area (Å²) in [5.41, 5.74) is 7.83. The van der Waals surface area contributed by atoms with E-state index in [1.165, 1.54) is 0 Å². The molecule has 1 aromatic heterocycles. The first-order chi connectivity index (χ1) is 14.2. The first-order valence-corrected chi connectivity index (χ1v) is 9.87. The Kier molecular flexibility index (Phi) is 6.48. The van der Waals surface area contributed by atoms with Gasteiger partial charge in [0.15, 0.2) is 0 Å². The third-order valence-electron chi connectivity index (χ3n) is 5.34. The Morgan fingerprint density at radius 1 is 1.17 bits per heavy atom. The Morgan fingerprint density at radius 2 is 1.83 bits per heavy atom. The average Bonchev–Trinajstić information content (AvgIpc) is 2.91. The van der Waals surface area contributed by atoms with Gasteiger partial charge in [0.05, 0.1) is 16.9 Å². The second kappa shape index (κ2) is 8.89. The third-order valence-corrected chi connectivity index (χ3v) is 5.34. The fraction of sp³-hybridized carbons (Fsp3) is 0.364. The molecule has 0 spiro atoms. The number of carbonyl (C=O) groups is 1. The lowest BCUT2D eigenvalue weighted by Gasteiger charge is -2.32. The van der Waals surface area contributed by atoms with Crippen molar-refractivity contribution in [2.24, 2.45) is 0 Å². The van der Waals surface area contributed by atoms with E-state index in [1.54, 1.807) is 18.5 Å². The number of carbonyl (C=O) groups excluding carboxylic acids is 1. The molecule has 0 saturated carbocycles. The van der Waals surface area contributed by atoms with Crippen LogP contribution >= 0.6 is 0 Å². The molecule has 0 atom stereocenters. The number of amides is 1. The minimum absolute atomic E-state index is 0.194. The molecule has 1 amide bonds. The molecule has 0 aliphatic carbocycles. The lowest BCUT2D eigenvalue weighted by molar-refractivity contribution is 0.00578. The molecule has 7 nitrogen and oxygen atoms in total. The smallest absolute Gasteiger partial charge is 0.445 e. The van der Waals surface area contributed by atoms with Crippen LogP contribution in [0.5, 0.6) is 0 Å². The number of nitrogens with two attached hydrogens (primary N) is 1. The van der Waals surface area contributed by atoms with E-state index in [-0.39, 0.29) is 13.2 Å². The van der Waals surface area contributed by atoms with Crippen molar-refractivity contribution in [2.45, 2.75) is 45.5 Å². The number of anilines is 1. The van der Waals surface area contributed by atoms with Gasteiger partial charge in [0.1, 0.15) is 6.61 Å². The Bertz CT molecular complexity index is 900. The van der Waals surface area contributed by atoms with Gasteiger partial charge in [-0.15, -0.1) is 0 Å². The highest BCUT2D eigenvalue weighted by Crippen LogP contribution is 2.38. The molecule has 30 heavy (non-hydrogen) atoms. The fourth-order valence-corrected chi connectivity index (χ4v) is 2.91. The molecule has 0 unspecified atom stereocenters. The molecule has 8 heteroatoms. The topological polar surface area (TPSA) is 95.7 Å². The standard InChI is InChI=1S/C22H28BN3O4/c1-21(2)22(3,4)30-23(29-21)18(10-17-11-19(24)14-25-12-17)13-26-20(27)28-15-16-8-6-5-7-9-16/h5-12,14H,13,15,24H2,1-4H3,(H,26,27). The number of nitrogen functional groups attached to an aromatic ring is 1. The van der Waals surface area contributed by atoms with Crippen molar-refractivity contribution in [2.75, 3.05) is 12.3 Å². The van der Waals surface area contributed by atoms with Gasteiger partial charge in [0, 0.05) is 18.9 Å². The Morgan fingerprint density at radius 3 is 2.47 bits per heavy atom. The zero-order valence-electron chi connectivity index (χ0n) is 17.8. The fourth-order valence-electron chi connectivity index (χ4n) is 2.91. The van der Waals surface area contributed by atoms with Crippen LogP contribution < -0.4 is 11.1 Å². The van der Waals surface area contributed by atoms with Gasteiger partial charge in [-0.25, -0.2) is 4.79 Å². The molecule has 3 rings (SSSR count). The van der Waals surface area contributed by atoms with Crippen LogP contribution in [0, 0.1) is 0 Å². The van der Waals surface area contributed by atoms with E-state index in [0.717, 1.165) is 16.6 Å². The van der Waals surface area contributed by atoms with Crippen molar-refractivity contribution in [1.82, 2.24) is 10.3 Å². The van der Waals surface area contributed by atoms with Crippen LogP contribution in [0.15, 0.2) is 54.3 Å². The summed E-state index contributed by atoms with van der Waals surface area (Å²) in [6.45, 7) is 8.31. The molecule has 1 aliphatic heterocycles. The van der Waals surface area contributed by atoms with Gasteiger partial charge >= 0.3 is 13.2 Å². The maximum Gasteiger partial charge on any atom is 0.492 e. The number of pyridine rings is 1. The number of rotatable bonds is 6. The Labute approximate surface area is 177 Å². The van der Waals surface area contributed by atoms with Crippen LogP contribution in [0.3, 0.4) is 0 Å². The highest BCUT2D eigenvalue weighted by Gasteiger charge is 2.52. The van der Waals surface area contributed by atoms with E-state index >= 15 is 0 Å². The second-order valence-electron chi connectivity index (χ2n) is 8.27. The molecule has 0 bridgehead atoms. The van der Waals surface area contributed by atoms with Gasteiger partial charge in [0.25, 0.3) is 0 Å². The van der Waals surface area contributed by atoms with E-state index in [1.807, 2.05) is 64.1 Å². The number of ether oxygens (including phenoxy) is 1. The number of aromatic nitrogens is 1. The van der Waals surface area contributed by atoms with E-state index in [2.05, 4.69) is 10.3 Å². The van der Waals surface area contributed by atoms with Gasteiger partial charge in [-0.1, -0.05) is 36.4 Å². The van der Waals surface area contributed by atoms with Crippen molar-refractivity contribution in [3.05, 3.63) is 65.4 Å². The van der Waals surface area contributed by atoms with Crippen LogP contribution in [0.4, 0.5) is 10.5 Å². The predicted octanol–water partition coefficient (Wildman–Crippen LogP) is 3.61. The Hall–Kier alpha value is -2.84. The van der Waals surface area contributed by atoms with Gasteiger partial charge in [-0.2, -0.15) is 0 Å². The maximum atomic E-state index is 12.2. The van der Waals surface area contributed by atoms with Crippen molar-refractivity contribution in [1.29, 1.82) is 0 Å². The van der Waals surface area contributed by atoms with Gasteiger partial charge in [0.2, 0.25) is 0 Å². The summed E-state index contributed by atoms with van der Waals surface area (Å²) in [5.74, 6) is 0. The summed E-state index contributed by atoms with van der Waals surface area (Å²) >= 11 is 0. The summed E-state index contributed by atoms with van der Waals surface area (Å²) in [4.78, 5) is 16.3. The largest absolute Gasteiger partial charge is 0.492 e.